The molecule has 1 aromatic heterocycles. The first kappa shape index (κ1) is 26.6. The standard InChI is InChI=1S/C23H42N2O6Si2/c1-14(2)32(15(3)4)28-13-21-20(30-33(31-32,16(5)6)17(7)8)11-19(29-21)18-12-24(9)23(27)25(10)22(18)26/h12,14-17,19-21H,11,13H2,1-10H3/t19-,20+,21-/m1/s1. The first-order chi connectivity index (χ1) is 15.3. The zero-order valence-electron chi connectivity index (χ0n) is 21.9. The van der Waals surface area contributed by atoms with Gasteiger partial charge in [-0.2, -0.15) is 0 Å². The third-order valence-corrected chi connectivity index (χ3v) is 17.6. The molecule has 0 spiro atoms. The summed E-state index contributed by atoms with van der Waals surface area (Å²) in [4.78, 5) is 25.1. The average molecular weight is 499 g/mol. The van der Waals surface area contributed by atoms with Gasteiger partial charge in [0.05, 0.1) is 24.4 Å². The number of fused-ring (bicyclic) bond motifs is 1. The maximum Gasteiger partial charge on any atom is 0.335 e. The van der Waals surface area contributed by atoms with Crippen LogP contribution in [0.4, 0.5) is 0 Å². The van der Waals surface area contributed by atoms with Crippen molar-refractivity contribution in [3.8, 4) is 0 Å². The van der Waals surface area contributed by atoms with Gasteiger partial charge in [0.15, 0.2) is 0 Å². The molecule has 0 N–H and O–H groups in total. The van der Waals surface area contributed by atoms with Gasteiger partial charge in [0.2, 0.25) is 0 Å². The second-order valence-electron chi connectivity index (χ2n) is 10.9. The Hall–Kier alpha value is -1.05. The molecule has 2 fully saturated rings. The molecule has 0 aliphatic carbocycles. The van der Waals surface area contributed by atoms with Crippen molar-refractivity contribution in [3.05, 3.63) is 32.6 Å². The van der Waals surface area contributed by atoms with Crippen molar-refractivity contribution in [2.24, 2.45) is 14.1 Å². The van der Waals surface area contributed by atoms with Crippen molar-refractivity contribution in [1.82, 2.24) is 9.13 Å². The van der Waals surface area contributed by atoms with Crippen molar-refractivity contribution in [3.63, 3.8) is 0 Å². The predicted octanol–water partition coefficient (Wildman–Crippen LogP) is 3.87. The maximum atomic E-state index is 12.9. The van der Waals surface area contributed by atoms with E-state index in [2.05, 4.69) is 55.4 Å². The van der Waals surface area contributed by atoms with Crippen LogP contribution in [0.25, 0.3) is 0 Å². The highest BCUT2D eigenvalue weighted by molar-refractivity contribution is 6.83. The molecule has 0 bridgehead atoms. The van der Waals surface area contributed by atoms with Crippen LogP contribution in [0.2, 0.25) is 22.2 Å². The molecule has 10 heteroatoms. The Morgan fingerprint density at radius 3 is 1.94 bits per heavy atom. The summed E-state index contributed by atoms with van der Waals surface area (Å²) in [5.41, 5.74) is 0.788. The number of hydrogen-bond donors (Lipinski definition) is 0. The Bertz CT molecular complexity index is 955. The summed E-state index contributed by atoms with van der Waals surface area (Å²) in [6.07, 6.45) is 1.18. The highest BCUT2D eigenvalue weighted by atomic mass is 28.5. The third-order valence-electron chi connectivity index (χ3n) is 7.37. The summed E-state index contributed by atoms with van der Waals surface area (Å²) < 4.78 is 30.0. The molecule has 0 radical (unpaired) electrons. The summed E-state index contributed by atoms with van der Waals surface area (Å²) >= 11 is 0. The van der Waals surface area contributed by atoms with E-state index in [-0.39, 0.29) is 45.6 Å². The van der Waals surface area contributed by atoms with Gasteiger partial charge in [0.25, 0.3) is 5.56 Å². The zero-order valence-corrected chi connectivity index (χ0v) is 23.9. The fraction of sp³-hybridized carbons (Fsp3) is 0.826. The summed E-state index contributed by atoms with van der Waals surface area (Å²) in [6, 6.07) is 0. The molecule has 2 aliphatic heterocycles. The molecule has 0 aromatic carbocycles. The summed E-state index contributed by atoms with van der Waals surface area (Å²) in [6.45, 7) is 17.9. The fourth-order valence-corrected chi connectivity index (χ4v) is 16.6. The topological polar surface area (TPSA) is 80.9 Å². The van der Waals surface area contributed by atoms with Gasteiger partial charge in [-0.25, -0.2) is 4.79 Å². The molecule has 1 aromatic rings. The lowest BCUT2D eigenvalue weighted by Gasteiger charge is -2.51. The molecule has 0 unspecified atom stereocenters. The molecule has 3 atom stereocenters. The Morgan fingerprint density at radius 2 is 1.42 bits per heavy atom. The second-order valence-corrected chi connectivity index (χ2v) is 19.7. The minimum absolute atomic E-state index is 0.222. The highest BCUT2D eigenvalue weighted by Crippen LogP contribution is 2.48. The van der Waals surface area contributed by atoms with Crippen LogP contribution in [0.15, 0.2) is 15.8 Å². The van der Waals surface area contributed by atoms with Gasteiger partial charge in [-0.3, -0.25) is 9.36 Å². The van der Waals surface area contributed by atoms with Gasteiger partial charge < -0.3 is 22.3 Å². The Balaban J connectivity index is 2.06. The van der Waals surface area contributed by atoms with Crippen molar-refractivity contribution in [1.29, 1.82) is 0 Å². The van der Waals surface area contributed by atoms with E-state index in [4.69, 9.17) is 17.7 Å². The third kappa shape index (κ3) is 4.50. The van der Waals surface area contributed by atoms with Gasteiger partial charge in [-0.05, 0) is 22.2 Å². The summed E-state index contributed by atoms with van der Waals surface area (Å²) in [7, 11) is -2.21. The normalized spacial score (nSPS) is 27.3. The number of hydrogen-bond acceptors (Lipinski definition) is 6. The van der Waals surface area contributed by atoms with Crippen molar-refractivity contribution < 1.29 is 17.7 Å². The molecular weight excluding hydrogens is 456 g/mol. The molecule has 3 heterocycles. The largest absolute Gasteiger partial charge is 0.414 e. The van der Waals surface area contributed by atoms with Crippen molar-refractivity contribution in [2.45, 2.75) is 102 Å². The molecule has 0 amide bonds. The van der Waals surface area contributed by atoms with Crippen LogP contribution in [0, 0.1) is 0 Å². The van der Waals surface area contributed by atoms with Crippen LogP contribution < -0.4 is 11.2 Å². The lowest BCUT2D eigenvalue weighted by atomic mass is 10.1. The van der Waals surface area contributed by atoms with E-state index in [1.54, 1.807) is 13.2 Å². The van der Waals surface area contributed by atoms with Crippen LogP contribution in [0.3, 0.4) is 0 Å². The minimum atomic E-state index is -2.72. The lowest BCUT2D eigenvalue weighted by Crippen LogP contribution is -2.65. The van der Waals surface area contributed by atoms with Gasteiger partial charge in [0, 0.05) is 26.7 Å². The van der Waals surface area contributed by atoms with Gasteiger partial charge >= 0.3 is 22.8 Å². The van der Waals surface area contributed by atoms with E-state index in [0.29, 0.717) is 18.6 Å². The van der Waals surface area contributed by atoms with E-state index in [9.17, 15) is 9.59 Å². The maximum absolute atomic E-state index is 12.9. The molecular formula is C23H42N2O6Si2. The van der Waals surface area contributed by atoms with Crippen molar-refractivity contribution in [2.75, 3.05) is 6.61 Å². The number of rotatable bonds is 5. The number of aromatic nitrogens is 2. The van der Waals surface area contributed by atoms with E-state index < -0.39 is 23.2 Å². The van der Waals surface area contributed by atoms with Crippen LogP contribution >= 0.6 is 0 Å². The van der Waals surface area contributed by atoms with Gasteiger partial charge in [0.1, 0.15) is 6.10 Å². The molecule has 3 rings (SSSR count). The fourth-order valence-electron chi connectivity index (χ4n) is 5.41. The first-order valence-electron chi connectivity index (χ1n) is 12.2. The van der Waals surface area contributed by atoms with E-state index in [1.165, 1.54) is 11.6 Å². The lowest BCUT2D eigenvalue weighted by molar-refractivity contribution is -0.0390. The molecule has 33 heavy (non-hydrogen) atoms. The van der Waals surface area contributed by atoms with E-state index >= 15 is 0 Å². The van der Waals surface area contributed by atoms with Gasteiger partial charge in [-0.15, -0.1) is 0 Å². The van der Waals surface area contributed by atoms with Gasteiger partial charge in [-0.1, -0.05) is 55.4 Å². The first-order valence-corrected chi connectivity index (χ1v) is 16.1. The quantitative estimate of drug-likeness (QED) is 0.573. The van der Waals surface area contributed by atoms with Crippen molar-refractivity contribution >= 4 is 17.1 Å². The Morgan fingerprint density at radius 1 is 0.879 bits per heavy atom. The average Bonchev–Trinajstić information content (AvgIpc) is 3.10. The number of ether oxygens (including phenoxy) is 1. The summed E-state index contributed by atoms with van der Waals surface area (Å²) in [5.74, 6) is 0. The van der Waals surface area contributed by atoms with Crippen LogP contribution in [-0.4, -0.2) is 45.1 Å². The minimum Gasteiger partial charge on any atom is -0.414 e. The Labute approximate surface area is 199 Å². The zero-order chi connectivity index (χ0) is 24.9. The van der Waals surface area contributed by atoms with E-state index in [0.717, 1.165) is 4.57 Å². The summed E-state index contributed by atoms with van der Waals surface area (Å²) in [5, 5.41) is 0. The Kier molecular flexibility index (Phi) is 7.68. The number of aryl methyl sites for hydroxylation is 1. The van der Waals surface area contributed by atoms with Crippen LogP contribution in [0.1, 0.15) is 73.5 Å². The van der Waals surface area contributed by atoms with E-state index in [1.807, 2.05) is 0 Å². The van der Waals surface area contributed by atoms with Crippen LogP contribution in [-0.2, 0) is 31.8 Å². The monoisotopic (exact) mass is 498 g/mol. The molecule has 0 saturated carbocycles. The van der Waals surface area contributed by atoms with Crippen LogP contribution in [0.5, 0.6) is 0 Å². The number of nitrogens with zero attached hydrogens (tertiary/aromatic N) is 2. The molecule has 2 aliphatic rings. The SMILES string of the molecule is CC(C)[Si]1(C(C)C)OC[C@H]2O[C@@H](c3cn(C)c(=O)n(C)c3=O)C[C@@H]2O[Si](C(C)C)(C(C)C)O1. The smallest absolute Gasteiger partial charge is 0.335 e. The highest BCUT2D eigenvalue weighted by Gasteiger charge is 2.60. The molecule has 8 nitrogen and oxygen atoms in total. The molecule has 188 valence electrons. The molecule has 2 saturated heterocycles. The second kappa shape index (κ2) is 9.54. The predicted molar refractivity (Wildman–Crippen MR) is 133 cm³/mol.